The topological polar surface area (TPSA) is 18.5 Å². The van der Waals surface area contributed by atoms with Crippen LogP contribution < -0.4 is 0 Å². The summed E-state index contributed by atoms with van der Waals surface area (Å²) in [5.41, 5.74) is 4.09. The van der Waals surface area contributed by atoms with E-state index < -0.39 is 0 Å². The van der Waals surface area contributed by atoms with Crippen LogP contribution in [-0.2, 0) is 9.47 Å². The van der Waals surface area contributed by atoms with Gasteiger partial charge in [-0.25, -0.2) is 0 Å². The Morgan fingerprint density at radius 2 is 1.76 bits per heavy atom. The van der Waals surface area contributed by atoms with E-state index in [9.17, 15) is 0 Å². The second-order valence-electron chi connectivity index (χ2n) is 3.31. The fraction of sp³-hybridized carbons (Fsp3) is 0.357. The van der Waals surface area contributed by atoms with Crippen molar-refractivity contribution < 1.29 is 9.47 Å². The minimum Gasteiger partial charge on any atom is -0.349 e. The summed E-state index contributed by atoms with van der Waals surface area (Å²) in [7, 11) is 0. The van der Waals surface area contributed by atoms with E-state index in [1.165, 1.54) is 0 Å². The van der Waals surface area contributed by atoms with Crippen LogP contribution in [-0.4, -0.2) is 19.5 Å². The molecule has 0 unspecified atom stereocenters. The van der Waals surface area contributed by atoms with Crippen molar-refractivity contribution in [1.82, 2.24) is 0 Å². The lowest BCUT2D eigenvalue weighted by Crippen LogP contribution is -2.13. The zero-order valence-electron chi connectivity index (χ0n) is 10.2. The molecule has 3 heteroatoms. The highest BCUT2D eigenvalue weighted by molar-refractivity contribution is 6.30. The van der Waals surface area contributed by atoms with E-state index in [1.807, 2.05) is 44.2 Å². The molecular formula is C14H17ClO2. The number of hydrogen-bond donors (Lipinski definition) is 0. The van der Waals surface area contributed by atoms with Crippen molar-refractivity contribution in [2.75, 3.05) is 13.2 Å². The third-order valence-electron chi connectivity index (χ3n) is 2.01. The summed E-state index contributed by atoms with van der Waals surface area (Å²) < 4.78 is 10.7. The molecule has 0 radical (unpaired) electrons. The SMILES string of the molecule is CCOC(C=C=Cc1ccc(Cl)cc1)OCC. The van der Waals surface area contributed by atoms with Crippen LogP contribution in [0.3, 0.4) is 0 Å². The summed E-state index contributed by atoms with van der Waals surface area (Å²) in [6.07, 6.45) is 3.30. The zero-order valence-corrected chi connectivity index (χ0v) is 10.9. The molecule has 0 spiro atoms. The second-order valence-corrected chi connectivity index (χ2v) is 3.74. The first-order valence-corrected chi connectivity index (χ1v) is 6.05. The first-order valence-electron chi connectivity index (χ1n) is 5.67. The van der Waals surface area contributed by atoms with Crippen LogP contribution in [0.5, 0.6) is 0 Å². The van der Waals surface area contributed by atoms with Crippen molar-refractivity contribution in [3.63, 3.8) is 0 Å². The third-order valence-corrected chi connectivity index (χ3v) is 2.27. The van der Waals surface area contributed by atoms with Gasteiger partial charge in [0.2, 0.25) is 0 Å². The Kier molecular flexibility index (Phi) is 6.68. The lowest BCUT2D eigenvalue weighted by atomic mass is 10.2. The lowest BCUT2D eigenvalue weighted by molar-refractivity contribution is -0.103. The number of rotatable bonds is 6. The molecule has 0 heterocycles. The molecule has 0 aliphatic carbocycles. The summed E-state index contributed by atoms with van der Waals surface area (Å²) in [6.45, 7) is 5.10. The average Bonchev–Trinajstić information content (AvgIpc) is 2.32. The standard InChI is InChI=1S/C14H17ClO2/c1-3-16-14(17-4-2)7-5-6-12-8-10-13(15)11-9-12/h6-11,14H,3-4H2,1-2H3. The van der Waals surface area contributed by atoms with Gasteiger partial charge >= 0.3 is 0 Å². The minimum absolute atomic E-state index is 0.325. The quantitative estimate of drug-likeness (QED) is 0.565. The number of benzene rings is 1. The molecule has 92 valence electrons. The van der Waals surface area contributed by atoms with E-state index in [0.717, 1.165) is 10.6 Å². The van der Waals surface area contributed by atoms with Crippen LogP contribution in [0.4, 0.5) is 0 Å². The highest BCUT2D eigenvalue weighted by Gasteiger charge is 2.00. The Balaban J connectivity index is 2.63. The van der Waals surface area contributed by atoms with Crippen molar-refractivity contribution in [3.05, 3.63) is 46.7 Å². The molecule has 0 aromatic heterocycles. The predicted octanol–water partition coefficient (Wildman–Crippen LogP) is 3.91. The molecule has 1 rings (SSSR count). The Morgan fingerprint density at radius 3 is 2.29 bits per heavy atom. The van der Waals surface area contributed by atoms with Crippen LogP contribution in [0.25, 0.3) is 6.08 Å². The zero-order chi connectivity index (χ0) is 12.5. The Morgan fingerprint density at radius 1 is 1.18 bits per heavy atom. The molecular weight excluding hydrogens is 236 g/mol. The van der Waals surface area contributed by atoms with Crippen molar-refractivity contribution in [1.29, 1.82) is 0 Å². The van der Waals surface area contributed by atoms with Gasteiger partial charge in [0.15, 0.2) is 6.29 Å². The molecule has 0 bridgehead atoms. The maximum atomic E-state index is 5.80. The predicted molar refractivity (Wildman–Crippen MR) is 71.0 cm³/mol. The molecule has 2 nitrogen and oxygen atoms in total. The van der Waals surface area contributed by atoms with E-state index in [-0.39, 0.29) is 6.29 Å². The molecule has 0 amide bonds. The largest absolute Gasteiger partial charge is 0.349 e. The van der Waals surface area contributed by atoms with Crippen LogP contribution in [0.2, 0.25) is 5.02 Å². The lowest BCUT2D eigenvalue weighted by Gasteiger charge is -2.10. The maximum absolute atomic E-state index is 5.80. The fourth-order valence-corrected chi connectivity index (χ4v) is 1.38. The third kappa shape index (κ3) is 5.71. The van der Waals surface area contributed by atoms with Crippen molar-refractivity contribution in [3.8, 4) is 0 Å². The Hall–Kier alpha value is -1.05. The van der Waals surface area contributed by atoms with Gasteiger partial charge in [-0.2, -0.15) is 0 Å². The molecule has 17 heavy (non-hydrogen) atoms. The van der Waals surface area contributed by atoms with Crippen molar-refractivity contribution in [2.24, 2.45) is 0 Å². The molecule has 0 atom stereocenters. The number of halogens is 1. The molecule has 0 N–H and O–H groups in total. The number of ether oxygens (including phenoxy) is 2. The van der Waals surface area contributed by atoms with Crippen LogP contribution in [0.1, 0.15) is 19.4 Å². The molecule has 0 fully saturated rings. The van der Waals surface area contributed by atoms with E-state index in [1.54, 1.807) is 6.08 Å². The van der Waals surface area contributed by atoms with Gasteiger partial charge in [-0.05, 0) is 37.6 Å². The van der Waals surface area contributed by atoms with Gasteiger partial charge in [0.25, 0.3) is 0 Å². The molecule has 0 aliphatic rings. The highest BCUT2D eigenvalue weighted by atomic mass is 35.5. The summed E-state index contributed by atoms with van der Waals surface area (Å²) in [4.78, 5) is 0. The van der Waals surface area contributed by atoms with Gasteiger partial charge in [-0.15, -0.1) is 5.73 Å². The van der Waals surface area contributed by atoms with E-state index in [2.05, 4.69) is 5.73 Å². The Labute approximate surface area is 108 Å². The monoisotopic (exact) mass is 252 g/mol. The van der Waals surface area contributed by atoms with Crippen LogP contribution >= 0.6 is 11.6 Å². The average molecular weight is 253 g/mol. The molecule has 0 aliphatic heterocycles. The molecule has 0 saturated heterocycles. The normalized spacial score (nSPS) is 10.1. The van der Waals surface area contributed by atoms with E-state index in [0.29, 0.717) is 13.2 Å². The number of hydrogen-bond acceptors (Lipinski definition) is 2. The maximum Gasteiger partial charge on any atom is 0.184 e. The second kappa shape index (κ2) is 8.10. The van der Waals surface area contributed by atoms with Gasteiger partial charge in [-0.1, -0.05) is 23.7 Å². The smallest absolute Gasteiger partial charge is 0.184 e. The first kappa shape index (κ1) is 14.0. The summed E-state index contributed by atoms with van der Waals surface area (Å²) in [6, 6.07) is 7.55. The summed E-state index contributed by atoms with van der Waals surface area (Å²) >= 11 is 5.80. The van der Waals surface area contributed by atoms with Crippen molar-refractivity contribution in [2.45, 2.75) is 20.1 Å². The molecule has 1 aromatic carbocycles. The van der Waals surface area contributed by atoms with Gasteiger partial charge in [0, 0.05) is 24.3 Å². The highest BCUT2D eigenvalue weighted by Crippen LogP contribution is 2.10. The summed E-state index contributed by atoms with van der Waals surface area (Å²) in [5, 5.41) is 0.729. The van der Waals surface area contributed by atoms with Gasteiger partial charge in [0.05, 0.1) is 0 Å². The van der Waals surface area contributed by atoms with E-state index >= 15 is 0 Å². The Bertz CT molecular complexity index is 372. The molecule has 0 saturated carbocycles. The minimum atomic E-state index is -0.325. The molecule has 1 aromatic rings. The van der Waals surface area contributed by atoms with Gasteiger partial charge in [0.1, 0.15) is 0 Å². The van der Waals surface area contributed by atoms with Crippen LogP contribution in [0, 0.1) is 0 Å². The summed E-state index contributed by atoms with van der Waals surface area (Å²) in [5.74, 6) is 0. The fourth-order valence-electron chi connectivity index (χ4n) is 1.25. The van der Waals surface area contributed by atoms with Gasteiger partial charge in [-0.3, -0.25) is 0 Å². The first-order chi connectivity index (χ1) is 8.26. The van der Waals surface area contributed by atoms with Crippen LogP contribution in [0.15, 0.2) is 36.1 Å². The van der Waals surface area contributed by atoms with E-state index in [4.69, 9.17) is 21.1 Å². The van der Waals surface area contributed by atoms with Gasteiger partial charge < -0.3 is 9.47 Å². The van der Waals surface area contributed by atoms with Crippen molar-refractivity contribution >= 4 is 17.7 Å².